The van der Waals surface area contributed by atoms with Gasteiger partial charge in [-0.25, -0.2) is 8.42 Å². The van der Waals surface area contributed by atoms with E-state index in [9.17, 15) is 13.2 Å². The zero-order valence-electron chi connectivity index (χ0n) is 16.2. The molecule has 1 N–H and O–H groups in total. The predicted octanol–water partition coefficient (Wildman–Crippen LogP) is 2.22. The maximum Gasteiger partial charge on any atom is 0.322 e. The minimum atomic E-state index is -3.85. The van der Waals surface area contributed by atoms with Crippen LogP contribution in [-0.4, -0.2) is 51.2 Å². The molecule has 1 aromatic carbocycles. The second kappa shape index (κ2) is 7.82. The Hall–Kier alpha value is -2.76. The molecule has 158 valence electrons. The number of hydrogen-bond acceptors (Lipinski definition) is 7. The molecule has 30 heavy (non-hydrogen) atoms. The normalized spacial score (nSPS) is 17.4. The van der Waals surface area contributed by atoms with Gasteiger partial charge in [-0.15, -0.1) is 5.10 Å². The third-order valence-electron chi connectivity index (χ3n) is 4.80. The summed E-state index contributed by atoms with van der Waals surface area (Å²) in [5, 5.41) is 14.9. The van der Waals surface area contributed by atoms with Crippen LogP contribution in [0.15, 0.2) is 39.6 Å². The molecule has 0 bridgehead atoms. The minimum Gasteiger partial charge on any atom is -0.401 e. The van der Waals surface area contributed by atoms with Gasteiger partial charge in [0.2, 0.25) is 15.9 Å². The minimum absolute atomic E-state index is 0.0817. The predicted molar refractivity (Wildman–Crippen MR) is 108 cm³/mol. The summed E-state index contributed by atoms with van der Waals surface area (Å²) >= 11 is 5.85. The van der Waals surface area contributed by atoms with Crippen molar-refractivity contribution in [1.82, 2.24) is 24.3 Å². The van der Waals surface area contributed by atoms with E-state index in [-0.39, 0.29) is 23.3 Å². The number of nitrogens with zero attached hydrogens (tertiary/aromatic N) is 5. The van der Waals surface area contributed by atoms with Crippen LogP contribution < -0.4 is 5.32 Å². The number of sulfonamides is 1. The fourth-order valence-electron chi connectivity index (χ4n) is 3.41. The molecule has 1 atom stereocenters. The summed E-state index contributed by atoms with van der Waals surface area (Å²) in [5.74, 6) is -0.327. The number of rotatable bonds is 5. The van der Waals surface area contributed by atoms with Crippen LogP contribution in [0.5, 0.6) is 0 Å². The van der Waals surface area contributed by atoms with Crippen molar-refractivity contribution in [2.75, 3.05) is 11.9 Å². The molecular formula is C18H19ClN6O4S. The van der Waals surface area contributed by atoms with E-state index in [0.29, 0.717) is 23.6 Å². The van der Waals surface area contributed by atoms with Gasteiger partial charge in [-0.3, -0.25) is 14.8 Å². The Morgan fingerprint density at radius 2 is 2.00 bits per heavy atom. The molecule has 3 aromatic rings. The standard InChI is InChI=1S/C18H19ClN6O4S/c1-11-10-15(24(2)23-11)17-21-22-18(29-17)20-16(26)14-4-3-9-25(14)30(27,28)13-7-5-12(19)6-8-13/h5-8,10,14H,3-4,9H2,1-2H3,(H,20,22,26). The number of benzene rings is 1. The van der Waals surface area contributed by atoms with Crippen molar-refractivity contribution < 1.29 is 17.6 Å². The van der Waals surface area contributed by atoms with Gasteiger partial charge in [-0.05, 0) is 50.1 Å². The smallest absolute Gasteiger partial charge is 0.322 e. The van der Waals surface area contributed by atoms with Gasteiger partial charge in [0.15, 0.2) is 0 Å². The van der Waals surface area contributed by atoms with Crippen molar-refractivity contribution in [3.63, 3.8) is 0 Å². The summed E-state index contributed by atoms with van der Waals surface area (Å²) in [4.78, 5) is 12.9. The van der Waals surface area contributed by atoms with E-state index < -0.39 is 22.0 Å². The van der Waals surface area contributed by atoms with Crippen LogP contribution in [-0.2, 0) is 21.9 Å². The zero-order valence-corrected chi connectivity index (χ0v) is 17.8. The Morgan fingerprint density at radius 3 is 2.67 bits per heavy atom. The van der Waals surface area contributed by atoms with Gasteiger partial charge in [0.05, 0.1) is 10.6 Å². The highest BCUT2D eigenvalue weighted by Crippen LogP contribution is 2.28. The molecule has 1 fully saturated rings. The van der Waals surface area contributed by atoms with E-state index in [0.717, 1.165) is 5.69 Å². The zero-order chi connectivity index (χ0) is 21.5. The fraction of sp³-hybridized carbons (Fsp3) is 0.333. The molecule has 1 saturated heterocycles. The lowest BCUT2D eigenvalue weighted by Gasteiger charge is -2.22. The molecule has 0 saturated carbocycles. The van der Waals surface area contributed by atoms with Crippen LogP contribution >= 0.6 is 11.6 Å². The monoisotopic (exact) mass is 450 g/mol. The van der Waals surface area contributed by atoms with Gasteiger partial charge >= 0.3 is 6.01 Å². The van der Waals surface area contributed by atoms with Crippen LogP contribution in [0.3, 0.4) is 0 Å². The molecule has 0 radical (unpaired) electrons. The number of aryl methyl sites for hydroxylation is 2. The van der Waals surface area contributed by atoms with Gasteiger partial charge in [0.25, 0.3) is 5.89 Å². The molecule has 1 amide bonds. The number of carbonyl (C=O) groups excluding carboxylic acids is 1. The van der Waals surface area contributed by atoms with Crippen molar-refractivity contribution in [2.24, 2.45) is 7.05 Å². The summed E-state index contributed by atoms with van der Waals surface area (Å²) in [7, 11) is -2.11. The van der Waals surface area contributed by atoms with Gasteiger partial charge in [0.1, 0.15) is 11.7 Å². The van der Waals surface area contributed by atoms with Crippen molar-refractivity contribution in [2.45, 2.75) is 30.7 Å². The van der Waals surface area contributed by atoms with Gasteiger partial charge in [-0.2, -0.15) is 9.40 Å². The van der Waals surface area contributed by atoms with E-state index in [1.54, 1.807) is 17.8 Å². The number of carbonyl (C=O) groups is 1. The van der Waals surface area contributed by atoms with Crippen LogP contribution in [0.4, 0.5) is 6.01 Å². The topological polar surface area (TPSA) is 123 Å². The molecule has 1 aliphatic rings. The Morgan fingerprint density at radius 1 is 1.27 bits per heavy atom. The number of aromatic nitrogens is 4. The summed E-state index contributed by atoms with van der Waals surface area (Å²) in [6.07, 6.45) is 0.953. The number of halogens is 1. The lowest BCUT2D eigenvalue weighted by Crippen LogP contribution is -2.43. The third-order valence-corrected chi connectivity index (χ3v) is 6.98. The average Bonchev–Trinajstić information content (AvgIpc) is 3.42. The van der Waals surface area contributed by atoms with Crippen molar-refractivity contribution in [3.8, 4) is 11.6 Å². The molecule has 1 unspecified atom stereocenters. The van der Waals surface area contributed by atoms with Crippen molar-refractivity contribution >= 4 is 33.5 Å². The Balaban J connectivity index is 1.52. The van der Waals surface area contributed by atoms with Gasteiger partial charge < -0.3 is 4.42 Å². The molecule has 12 heteroatoms. The first-order valence-corrected chi connectivity index (χ1v) is 11.0. The average molecular weight is 451 g/mol. The first kappa shape index (κ1) is 20.5. The van der Waals surface area contributed by atoms with E-state index in [2.05, 4.69) is 20.6 Å². The largest absolute Gasteiger partial charge is 0.401 e. The second-order valence-electron chi connectivity index (χ2n) is 6.92. The van der Waals surface area contributed by atoms with E-state index in [1.165, 1.54) is 28.6 Å². The maximum absolute atomic E-state index is 13.0. The van der Waals surface area contributed by atoms with Crippen LogP contribution in [0.1, 0.15) is 18.5 Å². The van der Waals surface area contributed by atoms with Crippen molar-refractivity contribution in [1.29, 1.82) is 0 Å². The highest BCUT2D eigenvalue weighted by atomic mass is 35.5. The number of hydrogen-bond donors (Lipinski definition) is 1. The number of nitrogens with one attached hydrogen (secondary N) is 1. The highest BCUT2D eigenvalue weighted by molar-refractivity contribution is 7.89. The van der Waals surface area contributed by atoms with Gasteiger partial charge in [-0.1, -0.05) is 16.7 Å². The molecule has 3 heterocycles. The van der Waals surface area contributed by atoms with E-state index in [1.807, 2.05) is 6.92 Å². The molecular weight excluding hydrogens is 432 g/mol. The van der Waals surface area contributed by atoms with Crippen molar-refractivity contribution in [3.05, 3.63) is 41.0 Å². The molecule has 1 aliphatic heterocycles. The lowest BCUT2D eigenvalue weighted by molar-refractivity contribution is -0.119. The Bertz CT molecular complexity index is 1190. The summed E-state index contributed by atoms with van der Waals surface area (Å²) in [5.41, 5.74) is 1.39. The third kappa shape index (κ3) is 3.83. The maximum atomic E-state index is 13.0. The molecule has 0 spiro atoms. The summed E-state index contributed by atoms with van der Waals surface area (Å²) in [6.45, 7) is 2.07. The molecule has 10 nitrogen and oxygen atoms in total. The molecule has 4 rings (SSSR count). The van der Waals surface area contributed by atoms with Crippen LogP contribution in [0, 0.1) is 6.92 Å². The first-order valence-electron chi connectivity index (χ1n) is 9.18. The molecule has 0 aliphatic carbocycles. The lowest BCUT2D eigenvalue weighted by atomic mass is 10.2. The van der Waals surface area contributed by atoms with Crippen LogP contribution in [0.25, 0.3) is 11.6 Å². The molecule has 2 aromatic heterocycles. The van der Waals surface area contributed by atoms with E-state index in [4.69, 9.17) is 16.0 Å². The van der Waals surface area contributed by atoms with E-state index >= 15 is 0 Å². The second-order valence-corrected chi connectivity index (χ2v) is 9.25. The summed E-state index contributed by atoms with van der Waals surface area (Å²) < 4.78 is 34.3. The Labute approximate surface area is 177 Å². The summed E-state index contributed by atoms with van der Waals surface area (Å²) in [6, 6.07) is 6.64. The fourth-order valence-corrected chi connectivity index (χ4v) is 5.19. The Kier molecular flexibility index (Phi) is 5.35. The number of anilines is 1. The highest BCUT2D eigenvalue weighted by Gasteiger charge is 2.40. The van der Waals surface area contributed by atoms with Gasteiger partial charge in [0, 0.05) is 18.6 Å². The number of amides is 1. The quantitative estimate of drug-likeness (QED) is 0.632. The SMILES string of the molecule is Cc1cc(-c2nnc(NC(=O)C3CCCN3S(=O)(=O)c3ccc(Cl)cc3)o2)n(C)n1. The van der Waals surface area contributed by atoms with Crippen LogP contribution in [0.2, 0.25) is 5.02 Å². The first-order chi connectivity index (χ1) is 14.3.